The molecule has 1 heterocycles. The fourth-order valence-corrected chi connectivity index (χ4v) is 2.63. The number of nitrogens with one attached hydrogen (secondary N) is 1. The Bertz CT molecular complexity index is 557. The number of benzene rings is 1. The van der Waals surface area contributed by atoms with Crippen LogP contribution in [0.1, 0.15) is 24.6 Å². The molecule has 0 bridgehead atoms. The van der Waals surface area contributed by atoms with Crippen molar-refractivity contribution < 1.29 is 9.32 Å². The molecule has 2 rings (SSSR count). The number of carbonyl (C=O) groups is 1. The largest absolute Gasteiger partial charge is 0.356 e. The molecule has 0 fully saturated rings. The van der Waals surface area contributed by atoms with E-state index in [0.717, 1.165) is 12.2 Å². The molecule has 0 aliphatic heterocycles. The van der Waals surface area contributed by atoms with E-state index in [1.807, 2.05) is 18.2 Å². The SMILES string of the molecule is Cc1noc(CCC(=O)NCCCSc2ccccc2)n1. The lowest BCUT2D eigenvalue weighted by atomic mass is 10.3. The smallest absolute Gasteiger partial charge is 0.227 e. The summed E-state index contributed by atoms with van der Waals surface area (Å²) in [6.45, 7) is 2.46. The molecule has 0 spiro atoms. The van der Waals surface area contributed by atoms with Gasteiger partial charge >= 0.3 is 0 Å². The first-order chi connectivity index (χ1) is 10.2. The minimum absolute atomic E-state index is 0.0237. The van der Waals surface area contributed by atoms with Gasteiger partial charge in [0, 0.05) is 24.3 Å². The lowest BCUT2D eigenvalue weighted by Crippen LogP contribution is -2.25. The quantitative estimate of drug-likeness (QED) is 0.600. The highest BCUT2D eigenvalue weighted by Gasteiger charge is 2.06. The van der Waals surface area contributed by atoms with Crippen molar-refractivity contribution in [3.63, 3.8) is 0 Å². The van der Waals surface area contributed by atoms with E-state index in [9.17, 15) is 4.79 Å². The Kier molecular flexibility index (Phi) is 6.27. The Morgan fingerprint density at radius 3 is 2.86 bits per heavy atom. The Morgan fingerprint density at radius 2 is 2.14 bits per heavy atom. The monoisotopic (exact) mass is 305 g/mol. The number of aromatic nitrogens is 2. The second kappa shape index (κ2) is 8.46. The van der Waals surface area contributed by atoms with Crippen molar-refractivity contribution in [3.8, 4) is 0 Å². The van der Waals surface area contributed by atoms with Crippen LogP contribution in [0.4, 0.5) is 0 Å². The first-order valence-electron chi connectivity index (χ1n) is 6.98. The number of amides is 1. The lowest BCUT2D eigenvalue weighted by molar-refractivity contribution is -0.121. The number of hydrogen-bond acceptors (Lipinski definition) is 5. The van der Waals surface area contributed by atoms with Crippen LogP contribution in [0.5, 0.6) is 0 Å². The third-order valence-electron chi connectivity index (χ3n) is 2.79. The van der Waals surface area contributed by atoms with Crippen LogP contribution in [0.25, 0.3) is 0 Å². The zero-order valence-corrected chi connectivity index (χ0v) is 12.9. The van der Waals surface area contributed by atoms with Crippen LogP contribution < -0.4 is 5.32 Å². The van der Waals surface area contributed by atoms with Gasteiger partial charge in [-0.05, 0) is 31.2 Å². The van der Waals surface area contributed by atoms with Gasteiger partial charge in [0.1, 0.15) is 0 Å². The number of aryl methyl sites for hydroxylation is 2. The van der Waals surface area contributed by atoms with Crippen LogP contribution in [0.3, 0.4) is 0 Å². The molecule has 6 heteroatoms. The summed E-state index contributed by atoms with van der Waals surface area (Å²) in [7, 11) is 0. The van der Waals surface area contributed by atoms with Gasteiger partial charge in [0.05, 0.1) is 0 Å². The summed E-state index contributed by atoms with van der Waals surface area (Å²) in [6, 6.07) is 10.3. The summed E-state index contributed by atoms with van der Waals surface area (Å²) in [5, 5.41) is 6.59. The van der Waals surface area contributed by atoms with Crippen LogP contribution in [-0.4, -0.2) is 28.3 Å². The molecule has 1 aromatic carbocycles. The van der Waals surface area contributed by atoms with Gasteiger partial charge in [-0.2, -0.15) is 4.98 Å². The van der Waals surface area contributed by atoms with Gasteiger partial charge in [0.25, 0.3) is 0 Å². The summed E-state index contributed by atoms with van der Waals surface area (Å²) in [4.78, 5) is 17.0. The Morgan fingerprint density at radius 1 is 1.33 bits per heavy atom. The fourth-order valence-electron chi connectivity index (χ4n) is 1.76. The highest BCUT2D eigenvalue weighted by molar-refractivity contribution is 7.99. The molecule has 2 aromatic rings. The standard InChI is InChI=1S/C15H19N3O2S/c1-12-17-15(20-18-12)9-8-14(19)16-10-5-11-21-13-6-3-2-4-7-13/h2-4,6-7H,5,8-11H2,1H3,(H,16,19). The van der Waals surface area contributed by atoms with Gasteiger partial charge in [-0.1, -0.05) is 23.4 Å². The van der Waals surface area contributed by atoms with Crippen LogP contribution in [0, 0.1) is 6.92 Å². The lowest BCUT2D eigenvalue weighted by Gasteiger charge is -2.04. The number of nitrogens with zero attached hydrogens (tertiary/aromatic N) is 2. The second-order valence-electron chi connectivity index (χ2n) is 4.60. The summed E-state index contributed by atoms with van der Waals surface area (Å²) < 4.78 is 4.96. The average Bonchev–Trinajstić information content (AvgIpc) is 2.91. The molecular weight excluding hydrogens is 286 g/mol. The summed E-state index contributed by atoms with van der Waals surface area (Å²) in [6.07, 6.45) is 1.82. The maximum atomic E-state index is 11.6. The van der Waals surface area contributed by atoms with Gasteiger partial charge < -0.3 is 9.84 Å². The molecule has 0 atom stereocenters. The maximum absolute atomic E-state index is 11.6. The van der Waals surface area contributed by atoms with Crippen molar-refractivity contribution in [1.29, 1.82) is 0 Å². The third-order valence-corrected chi connectivity index (χ3v) is 3.89. The molecule has 0 radical (unpaired) electrons. The molecule has 1 aromatic heterocycles. The normalized spacial score (nSPS) is 10.5. The predicted octanol–water partition coefficient (Wildman–Crippen LogP) is 2.61. The zero-order chi connectivity index (χ0) is 14.9. The van der Waals surface area contributed by atoms with E-state index in [0.29, 0.717) is 31.1 Å². The van der Waals surface area contributed by atoms with Crippen LogP contribution in [0.15, 0.2) is 39.8 Å². The highest BCUT2D eigenvalue weighted by Crippen LogP contribution is 2.17. The minimum atomic E-state index is 0.0237. The fraction of sp³-hybridized carbons (Fsp3) is 0.400. The van der Waals surface area contributed by atoms with E-state index in [-0.39, 0.29) is 5.91 Å². The number of rotatable bonds is 8. The Labute approximate surface area is 128 Å². The van der Waals surface area contributed by atoms with Crippen LogP contribution >= 0.6 is 11.8 Å². The van der Waals surface area contributed by atoms with Crippen molar-refractivity contribution in [2.75, 3.05) is 12.3 Å². The topological polar surface area (TPSA) is 68.0 Å². The molecule has 0 unspecified atom stereocenters. The molecule has 0 saturated carbocycles. The zero-order valence-electron chi connectivity index (χ0n) is 12.0. The van der Waals surface area contributed by atoms with E-state index < -0.39 is 0 Å². The van der Waals surface area contributed by atoms with Gasteiger partial charge in [0.2, 0.25) is 11.8 Å². The predicted molar refractivity (Wildman–Crippen MR) is 82.1 cm³/mol. The Balaban J connectivity index is 1.53. The first kappa shape index (κ1) is 15.6. The average molecular weight is 305 g/mol. The van der Waals surface area contributed by atoms with Crippen molar-refractivity contribution in [2.24, 2.45) is 0 Å². The highest BCUT2D eigenvalue weighted by atomic mass is 32.2. The van der Waals surface area contributed by atoms with Crippen molar-refractivity contribution in [2.45, 2.75) is 31.1 Å². The number of hydrogen-bond donors (Lipinski definition) is 1. The molecule has 1 amide bonds. The molecular formula is C15H19N3O2S. The van der Waals surface area contributed by atoms with E-state index in [2.05, 4.69) is 27.6 Å². The van der Waals surface area contributed by atoms with E-state index in [1.165, 1.54) is 4.90 Å². The van der Waals surface area contributed by atoms with E-state index >= 15 is 0 Å². The minimum Gasteiger partial charge on any atom is -0.356 e. The first-order valence-corrected chi connectivity index (χ1v) is 7.96. The molecule has 21 heavy (non-hydrogen) atoms. The van der Waals surface area contributed by atoms with Crippen molar-refractivity contribution >= 4 is 17.7 Å². The number of carbonyl (C=O) groups excluding carboxylic acids is 1. The molecule has 112 valence electrons. The third kappa shape index (κ3) is 5.99. The van der Waals surface area contributed by atoms with Gasteiger partial charge in [0.15, 0.2) is 5.82 Å². The summed E-state index contributed by atoms with van der Waals surface area (Å²) in [5.74, 6) is 2.13. The van der Waals surface area contributed by atoms with Crippen molar-refractivity contribution in [3.05, 3.63) is 42.0 Å². The molecule has 0 aliphatic carbocycles. The van der Waals surface area contributed by atoms with Gasteiger partial charge in [-0.15, -0.1) is 11.8 Å². The second-order valence-corrected chi connectivity index (χ2v) is 5.77. The summed E-state index contributed by atoms with van der Waals surface area (Å²) in [5.41, 5.74) is 0. The summed E-state index contributed by atoms with van der Waals surface area (Å²) >= 11 is 1.80. The van der Waals surface area contributed by atoms with Gasteiger partial charge in [-0.25, -0.2) is 0 Å². The van der Waals surface area contributed by atoms with Crippen LogP contribution in [-0.2, 0) is 11.2 Å². The van der Waals surface area contributed by atoms with Crippen LogP contribution in [0.2, 0.25) is 0 Å². The molecule has 0 aliphatic rings. The van der Waals surface area contributed by atoms with E-state index in [1.54, 1.807) is 18.7 Å². The van der Waals surface area contributed by atoms with E-state index in [4.69, 9.17) is 4.52 Å². The number of thioether (sulfide) groups is 1. The Hall–Kier alpha value is -1.82. The molecule has 5 nitrogen and oxygen atoms in total. The van der Waals surface area contributed by atoms with Crippen molar-refractivity contribution in [1.82, 2.24) is 15.5 Å². The molecule has 1 N–H and O–H groups in total. The maximum Gasteiger partial charge on any atom is 0.227 e. The molecule has 0 saturated heterocycles. The van der Waals surface area contributed by atoms with Gasteiger partial charge in [-0.3, -0.25) is 4.79 Å².